The number of ether oxygens (including phenoxy) is 4. The molecule has 5 atom stereocenters. The third kappa shape index (κ3) is 6.67. The highest BCUT2D eigenvalue weighted by Gasteiger charge is 2.47. The maximum absolute atomic E-state index is 10.0. The molecule has 0 aromatic heterocycles. The van der Waals surface area contributed by atoms with E-state index in [0.717, 1.165) is 16.7 Å². The molecule has 1 aliphatic heterocycles. The number of benzene rings is 3. The smallest absolute Gasteiger partial charge is 0.129 e. The summed E-state index contributed by atoms with van der Waals surface area (Å²) in [5.74, 6) is 0. The van der Waals surface area contributed by atoms with Gasteiger partial charge in [0.15, 0.2) is 0 Å². The number of aliphatic hydroxyl groups excluding tert-OH is 1. The Morgan fingerprint density at radius 1 is 0.606 bits per heavy atom. The molecule has 0 bridgehead atoms. The molecule has 0 aliphatic carbocycles. The highest BCUT2D eigenvalue weighted by atomic mass is 32.1. The topological polar surface area (TPSA) is 57.2 Å². The van der Waals surface area contributed by atoms with Crippen LogP contribution in [0.3, 0.4) is 0 Å². The van der Waals surface area contributed by atoms with Crippen molar-refractivity contribution in [1.29, 1.82) is 0 Å². The quantitative estimate of drug-likeness (QED) is 0.434. The molecule has 2 unspecified atom stereocenters. The third-order valence-corrected chi connectivity index (χ3v) is 6.06. The number of hydrogen-bond donors (Lipinski definition) is 2. The molecule has 4 rings (SSSR count). The van der Waals surface area contributed by atoms with Crippen LogP contribution >= 0.6 is 12.6 Å². The van der Waals surface area contributed by atoms with Gasteiger partial charge in [0.1, 0.15) is 29.9 Å². The molecule has 3 aromatic carbocycles. The van der Waals surface area contributed by atoms with Crippen LogP contribution in [0.4, 0.5) is 0 Å². The molecule has 3 aromatic rings. The number of thiol groups is 1. The Morgan fingerprint density at radius 2 is 1.00 bits per heavy atom. The Balaban J connectivity index is 1.53. The monoisotopic (exact) mass is 466 g/mol. The maximum atomic E-state index is 10.0. The molecule has 1 heterocycles. The lowest BCUT2D eigenvalue weighted by atomic mass is 9.99. The molecule has 0 spiro atoms. The van der Waals surface area contributed by atoms with E-state index in [1.165, 1.54) is 0 Å². The van der Waals surface area contributed by atoms with Crippen LogP contribution in [0.2, 0.25) is 0 Å². The van der Waals surface area contributed by atoms with Crippen molar-refractivity contribution in [2.45, 2.75) is 49.7 Å². The highest BCUT2D eigenvalue weighted by molar-refractivity contribution is 7.80. The summed E-state index contributed by atoms with van der Waals surface area (Å²) in [5.41, 5.74) is 2.56. The van der Waals surface area contributed by atoms with Gasteiger partial charge >= 0.3 is 0 Å². The minimum Gasteiger partial charge on any atom is -0.394 e. The van der Waals surface area contributed by atoms with Gasteiger partial charge in [-0.3, -0.25) is 0 Å². The molecule has 0 saturated carbocycles. The molecule has 33 heavy (non-hydrogen) atoms. The molecule has 5 nitrogen and oxygen atoms in total. The van der Waals surface area contributed by atoms with Crippen molar-refractivity contribution < 1.29 is 24.1 Å². The molecule has 0 amide bonds. The fraction of sp³-hybridized carbons (Fsp3) is 0.333. The van der Waals surface area contributed by atoms with E-state index in [1.807, 2.05) is 91.0 Å². The number of hydrogen-bond acceptors (Lipinski definition) is 6. The Labute approximate surface area is 200 Å². The van der Waals surface area contributed by atoms with E-state index >= 15 is 0 Å². The van der Waals surface area contributed by atoms with E-state index in [-0.39, 0.29) is 6.61 Å². The zero-order valence-electron chi connectivity index (χ0n) is 18.4. The molecule has 174 valence electrons. The van der Waals surface area contributed by atoms with Crippen molar-refractivity contribution >= 4 is 12.6 Å². The number of aliphatic hydroxyl groups is 1. The molecule has 0 radical (unpaired) electrons. The minimum atomic E-state index is -0.575. The maximum Gasteiger partial charge on any atom is 0.129 e. The van der Waals surface area contributed by atoms with E-state index in [0.29, 0.717) is 19.8 Å². The Bertz CT molecular complexity index is 941. The molecule has 1 aliphatic rings. The van der Waals surface area contributed by atoms with Gasteiger partial charge in [-0.2, -0.15) is 0 Å². The van der Waals surface area contributed by atoms with Crippen molar-refractivity contribution in [3.8, 4) is 0 Å². The highest BCUT2D eigenvalue weighted by Crippen LogP contribution is 2.31. The fourth-order valence-corrected chi connectivity index (χ4v) is 4.32. The summed E-state index contributed by atoms with van der Waals surface area (Å²) in [6, 6.07) is 29.8. The third-order valence-electron chi connectivity index (χ3n) is 5.65. The van der Waals surface area contributed by atoms with E-state index in [1.54, 1.807) is 0 Å². The van der Waals surface area contributed by atoms with Crippen LogP contribution in [-0.4, -0.2) is 41.6 Å². The van der Waals surface area contributed by atoms with E-state index < -0.39 is 29.9 Å². The first-order valence-corrected chi connectivity index (χ1v) is 11.7. The first-order valence-electron chi connectivity index (χ1n) is 11.2. The normalized spacial score (nSPS) is 25.1. The van der Waals surface area contributed by atoms with Gasteiger partial charge < -0.3 is 24.1 Å². The number of rotatable bonds is 10. The minimum absolute atomic E-state index is 0.201. The van der Waals surface area contributed by atoms with Crippen molar-refractivity contribution in [1.82, 2.24) is 0 Å². The molecular weight excluding hydrogens is 436 g/mol. The zero-order chi connectivity index (χ0) is 22.9. The summed E-state index contributed by atoms with van der Waals surface area (Å²) in [7, 11) is 0. The first-order chi connectivity index (χ1) is 16.2. The van der Waals surface area contributed by atoms with E-state index in [4.69, 9.17) is 18.9 Å². The van der Waals surface area contributed by atoms with Crippen molar-refractivity contribution in [2.24, 2.45) is 0 Å². The van der Waals surface area contributed by atoms with Crippen LogP contribution in [0.5, 0.6) is 0 Å². The van der Waals surface area contributed by atoms with Gasteiger partial charge in [0.05, 0.1) is 26.4 Å². The lowest BCUT2D eigenvalue weighted by Gasteiger charge is -2.44. The van der Waals surface area contributed by atoms with Gasteiger partial charge in [-0.05, 0) is 16.7 Å². The van der Waals surface area contributed by atoms with Crippen LogP contribution in [0, 0.1) is 0 Å². The lowest BCUT2D eigenvalue weighted by molar-refractivity contribution is -0.251. The van der Waals surface area contributed by atoms with Gasteiger partial charge in [0.25, 0.3) is 0 Å². The van der Waals surface area contributed by atoms with Gasteiger partial charge in [-0.25, -0.2) is 0 Å². The summed E-state index contributed by atoms with van der Waals surface area (Å²) >= 11 is 4.64. The van der Waals surface area contributed by atoms with Crippen LogP contribution in [-0.2, 0) is 38.8 Å². The largest absolute Gasteiger partial charge is 0.394 e. The predicted octanol–water partition coefficient (Wildman–Crippen LogP) is 4.39. The van der Waals surface area contributed by atoms with Gasteiger partial charge in [0, 0.05) is 0 Å². The SMILES string of the molecule is OCC1O[C@@H](S)[C@H](OCc2ccccc2)C(OCc2ccccc2)[C@H]1OCc1ccccc1. The van der Waals surface area contributed by atoms with Crippen LogP contribution in [0.25, 0.3) is 0 Å². The molecule has 1 fully saturated rings. The Kier molecular flexibility index (Phi) is 8.94. The summed E-state index contributed by atoms with van der Waals surface area (Å²) in [4.78, 5) is 0. The Morgan fingerprint density at radius 3 is 1.42 bits per heavy atom. The van der Waals surface area contributed by atoms with Gasteiger partial charge in [-0.1, -0.05) is 91.0 Å². The molecule has 6 heteroatoms. The zero-order valence-corrected chi connectivity index (χ0v) is 19.3. The van der Waals surface area contributed by atoms with Gasteiger partial charge in [-0.15, -0.1) is 12.6 Å². The predicted molar refractivity (Wildman–Crippen MR) is 130 cm³/mol. The van der Waals surface area contributed by atoms with Crippen molar-refractivity contribution in [3.63, 3.8) is 0 Å². The van der Waals surface area contributed by atoms with E-state index in [9.17, 15) is 5.11 Å². The summed E-state index contributed by atoms with van der Waals surface area (Å²) in [5, 5.41) is 10.0. The molecule has 1 saturated heterocycles. The van der Waals surface area contributed by atoms with Crippen LogP contribution in [0.1, 0.15) is 16.7 Å². The summed E-state index contributed by atoms with van der Waals surface area (Å²) in [6.45, 7) is 0.958. The van der Waals surface area contributed by atoms with Crippen LogP contribution < -0.4 is 0 Å². The van der Waals surface area contributed by atoms with Crippen molar-refractivity contribution in [3.05, 3.63) is 108 Å². The van der Waals surface area contributed by atoms with Crippen LogP contribution in [0.15, 0.2) is 91.0 Å². The molecule has 1 N–H and O–H groups in total. The molecular formula is C27H30O5S. The summed E-state index contributed by atoms with van der Waals surface area (Å²) in [6.07, 6.45) is -2.07. The second-order valence-electron chi connectivity index (χ2n) is 8.03. The average molecular weight is 467 g/mol. The fourth-order valence-electron chi connectivity index (χ4n) is 3.91. The van der Waals surface area contributed by atoms with E-state index in [2.05, 4.69) is 12.6 Å². The van der Waals surface area contributed by atoms with Gasteiger partial charge in [0.2, 0.25) is 0 Å². The summed E-state index contributed by atoms with van der Waals surface area (Å²) < 4.78 is 24.9. The Hall–Kier alpha value is -2.19. The average Bonchev–Trinajstić information content (AvgIpc) is 2.87. The standard InChI is InChI=1S/C27H30O5S/c28-16-23-24(29-17-20-10-4-1-5-11-20)25(30-18-21-12-6-2-7-13-21)26(27(33)32-23)31-19-22-14-8-3-9-15-22/h1-15,23-28,33H,16-19H2/t23?,24-,25?,26+,27-/m0/s1. The second kappa shape index (κ2) is 12.3. The first kappa shape index (κ1) is 24.0. The second-order valence-corrected chi connectivity index (χ2v) is 8.54. The van der Waals surface area contributed by atoms with Crippen molar-refractivity contribution in [2.75, 3.05) is 6.61 Å². The lowest BCUT2D eigenvalue weighted by Crippen LogP contribution is -2.59.